The van der Waals surface area contributed by atoms with E-state index in [4.69, 9.17) is 4.74 Å². The van der Waals surface area contributed by atoms with E-state index in [0.29, 0.717) is 12.8 Å². The summed E-state index contributed by atoms with van der Waals surface area (Å²) in [7, 11) is 1.64. The summed E-state index contributed by atoms with van der Waals surface area (Å²) in [5, 5.41) is 2.91. The number of nitrogens with one attached hydrogen (secondary N) is 1. The lowest BCUT2D eigenvalue weighted by Gasteiger charge is -2.16. The van der Waals surface area contributed by atoms with Crippen LogP contribution < -0.4 is 15.0 Å². The van der Waals surface area contributed by atoms with Crippen molar-refractivity contribution in [3.05, 3.63) is 48.2 Å². The number of anilines is 2. The van der Waals surface area contributed by atoms with Crippen molar-refractivity contribution in [2.75, 3.05) is 30.4 Å². The number of ether oxygens (including phenoxy) is 1. The highest BCUT2D eigenvalue weighted by atomic mass is 16.5. The molecule has 1 saturated heterocycles. The lowest BCUT2D eigenvalue weighted by atomic mass is 10.1. The molecule has 2 aromatic rings. The molecule has 0 unspecified atom stereocenters. The van der Waals surface area contributed by atoms with E-state index >= 15 is 0 Å². The zero-order chi connectivity index (χ0) is 16.8. The van der Waals surface area contributed by atoms with E-state index in [9.17, 15) is 4.79 Å². The molecule has 0 aliphatic carbocycles. The molecule has 0 atom stereocenters. The summed E-state index contributed by atoms with van der Waals surface area (Å²) in [5.41, 5.74) is 1.87. The van der Waals surface area contributed by atoms with Gasteiger partial charge >= 0.3 is 0 Å². The molecule has 0 saturated carbocycles. The van der Waals surface area contributed by atoms with E-state index in [-0.39, 0.29) is 5.91 Å². The van der Waals surface area contributed by atoms with Crippen LogP contribution in [0.4, 0.5) is 11.5 Å². The number of methoxy groups -OCH3 is 1. The predicted octanol–water partition coefficient (Wildman–Crippen LogP) is 3.26. The van der Waals surface area contributed by atoms with Crippen molar-refractivity contribution < 1.29 is 9.53 Å². The summed E-state index contributed by atoms with van der Waals surface area (Å²) in [6.07, 6.45) is 5.34. The molecule has 3 rings (SSSR count). The summed E-state index contributed by atoms with van der Waals surface area (Å²) < 4.78 is 5.13. The number of rotatable bonds is 6. The van der Waals surface area contributed by atoms with Gasteiger partial charge in [-0.15, -0.1) is 0 Å². The van der Waals surface area contributed by atoms with Crippen LogP contribution in [0.25, 0.3) is 0 Å². The molecule has 1 N–H and O–H groups in total. The maximum atomic E-state index is 12.1. The normalized spacial score (nSPS) is 13.8. The molecular weight excluding hydrogens is 302 g/mol. The van der Waals surface area contributed by atoms with Crippen molar-refractivity contribution in [3.63, 3.8) is 0 Å². The van der Waals surface area contributed by atoms with Crippen LogP contribution in [0.5, 0.6) is 5.75 Å². The van der Waals surface area contributed by atoms with E-state index < -0.39 is 0 Å². The van der Waals surface area contributed by atoms with Gasteiger partial charge in [0.2, 0.25) is 5.91 Å². The van der Waals surface area contributed by atoms with Crippen LogP contribution in [-0.4, -0.2) is 31.1 Å². The smallest absolute Gasteiger partial charge is 0.224 e. The molecule has 0 spiro atoms. The quantitative estimate of drug-likeness (QED) is 0.886. The first-order valence-corrected chi connectivity index (χ1v) is 8.38. The molecule has 1 aromatic carbocycles. The first-order valence-electron chi connectivity index (χ1n) is 8.38. The molecule has 1 fully saturated rings. The van der Waals surface area contributed by atoms with Gasteiger partial charge in [0.1, 0.15) is 11.6 Å². The number of hydrogen-bond donors (Lipinski definition) is 1. The second-order valence-electron chi connectivity index (χ2n) is 6.00. The number of pyridine rings is 1. The molecule has 1 aliphatic rings. The van der Waals surface area contributed by atoms with Crippen molar-refractivity contribution in [2.24, 2.45) is 0 Å². The Bertz CT molecular complexity index is 662. The summed E-state index contributed by atoms with van der Waals surface area (Å²) in [6, 6.07) is 11.7. The highest BCUT2D eigenvalue weighted by Crippen LogP contribution is 2.19. The third kappa shape index (κ3) is 4.25. The van der Waals surface area contributed by atoms with Gasteiger partial charge < -0.3 is 15.0 Å². The second-order valence-corrected chi connectivity index (χ2v) is 6.00. The Morgan fingerprint density at radius 2 is 1.92 bits per heavy atom. The molecule has 1 aromatic heterocycles. The molecular formula is C19H23N3O2. The SMILES string of the molecule is COc1ccc(CCC(=O)Nc2ccc(N3CCCC3)nc2)cc1. The fourth-order valence-electron chi connectivity index (χ4n) is 2.87. The monoisotopic (exact) mass is 325 g/mol. The van der Waals surface area contributed by atoms with E-state index in [1.54, 1.807) is 13.3 Å². The largest absolute Gasteiger partial charge is 0.497 e. The topological polar surface area (TPSA) is 54.5 Å². The van der Waals surface area contributed by atoms with Crippen molar-refractivity contribution in [2.45, 2.75) is 25.7 Å². The number of aryl methyl sites for hydroxylation is 1. The fraction of sp³-hybridized carbons (Fsp3) is 0.368. The van der Waals surface area contributed by atoms with E-state index in [1.807, 2.05) is 36.4 Å². The number of amides is 1. The summed E-state index contributed by atoms with van der Waals surface area (Å²) in [5.74, 6) is 1.82. The third-order valence-electron chi connectivity index (χ3n) is 4.26. The number of carbonyl (C=O) groups excluding carboxylic acids is 1. The molecule has 0 bridgehead atoms. The highest BCUT2D eigenvalue weighted by molar-refractivity contribution is 5.90. The Labute approximate surface area is 142 Å². The average molecular weight is 325 g/mol. The van der Waals surface area contributed by atoms with Gasteiger partial charge in [0.25, 0.3) is 0 Å². The summed E-state index contributed by atoms with van der Waals surface area (Å²) in [4.78, 5) is 18.8. The number of carbonyl (C=O) groups is 1. The Balaban J connectivity index is 1.48. The zero-order valence-electron chi connectivity index (χ0n) is 14.0. The second kappa shape index (κ2) is 7.81. The van der Waals surface area contributed by atoms with Crippen LogP contribution in [0.15, 0.2) is 42.6 Å². The summed E-state index contributed by atoms with van der Waals surface area (Å²) >= 11 is 0. The van der Waals surface area contributed by atoms with Crippen molar-refractivity contribution in [3.8, 4) is 5.75 Å². The maximum absolute atomic E-state index is 12.1. The molecule has 24 heavy (non-hydrogen) atoms. The Hall–Kier alpha value is -2.56. The highest BCUT2D eigenvalue weighted by Gasteiger charge is 2.13. The van der Waals surface area contributed by atoms with E-state index in [0.717, 1.165) is 35.9 Å². The van der Waals surface area contributed by atoms with E-state index in [2.05, 4.69) is 15.2 Å². The lowest BCUT2D eigenvalue weighted by Crippen LogP contribution is -2.19. The van der Waals surface area contributed by atoms with Gasteiger partial charge in [0.15, 0.2) is 0 Å². The summed E-state index contributed by atoms with van der Waals surface area (Å²) in [6.45, 7) is 2.14. The molecule has 1 amide bonds. The van der Waals surface area contributed by atoms with Crippen molar-refractivity contribution in [1.82, 2.24) is 4.98 Å². The van der Waals surface area contributed by atoms with Gasteiger partial charge in [-0.2, -0.15) is 0 Å². The third-order valence-corrected chi connectivity index (χ3v) is 4.26. The van der Waals surface area contributed by atoms with Gasteiger partial charge in [-0.25, -0.2) is 4.98 Å². The van der Waals surface area contributed by atoms with Crippen LogP contribution in [-0.2, 0) is 11.2 Å². The van der Waals surface area contributed by atoms with Crippen LogP contribution >= 0.6 is 0 Å². The average Bonchev–Trinajstić information content (AvgIpc) is 3.16. The number of hydrogen-bond acceptors (Lipinski definition) is 4. The van der Waals surface area contributed by atoms with Crippen molar-refractivity contribution in [1.29, 1.82) is 0 Å². The Kier molecular flexibility index (Phi) is 5.31. The van der Waals surface area contributed by atoms with Gasteiger partial charge in [-0.3, -0.25) is 4.79 Å². The van der Waals surface area contributed by atoms with Gasteiger partial charge in [0.05, 0.1) is 19.0 Å². The molecule has 2 heterocycles. The molecule has 5 nitrogen and oxygen atoms in total. The fourth-order valence-corrected chi connectivity index (χ4v) is 2.87. The Morgan fingerprint density at radius 3 is 2.54 bits per heavy atom. The molecule has 126 valence electrons. The van der Waals surface area contributed by atoms with Crippen LogP contribution in [0, 0.1) is 0 Å². The standard InChI is InChI=1S/C19H23N3O2/c1-24-17-8-4-15(5-9-17)6-11-19(23)21-16-7-10-18(20-14-16)22-12-2-3-13-22/h4-5,7-10,14H,2-3,6,11-13H2,1H3,(H,21,23). The molecule has 1 aliphatic heterocycles. The molecule has 5 heteroatoms. The van der Waals surface area contributed by atoms with E-state index in [1.165, 1.54) is 12.8 Å². The van der Waals surface area contributed by atoms with Gasteiger partial charge in [-0.1, -0.05) is 12.1 Å². The zero-order valence-corrected chi connectivity index (χ0v) is 14.0. The Morgan fingerprint density at radius 1 is 1.17 bits per heavy atom. The minimum Gasteiger partial charge on any atom is -0.497 e. The number of benzene rings is 1. The minimum absolute atomic E-state index is 0.00143. The number of nitrogens with zero attached hydrogens (tertiary/aromatic N) is 2. The van der Waals surface area contributed by atoms with Gasteiger partial charge in [0, 0.05) is 19.5 Å². The lowest BCUT2D eigenvalue weighted by molar-refractivity contribution is -0.116. The van der Waals surface area contributed by atoms with Gasteiger partial charge in [-0.05, 0) is 49.1 Å². The molecule has 0 radical (unpaired) electrons. The first kappa shape index (κ1) is 16.3. The number of aromatic nitrogens is 1. The van der Waals surface area contributed by atoms with Crippen molar-refractivity contribution >= 4 is 17.4 Å². The van der Waals surface area contributed by atoms with Crippen LogP contribution in [0.1, 0.15) is 24.8 Å². The van der Waals surface area contributed by atoms with Crippen LogP contribution in [0.3, 0.4) is 0 Å². The van der Waals surface area contributed by atoms with Crippen LogP contribution in [0.2, 0.25) is 0 Å². The minimum atomic E-state index is 0.00143. The first-order chi connectivity index (χ1) is 11.7. The predicted molar refractivity (Wildman–Crippen MR) is 95.6 cm³/mol. The maximum Gasteiger partial charge on any atom is 0.224 e.